The number of nitrogens with two attached hydrogens (primary N) is 1. The number of aliphatic imine (C=N–C) groups is 1. The zero-order valence-electron chi connectivity index (χ0n) is 13.6. The van der Waals surface area contributed by atoms with Crippen molar-refractivity contribution in [2.24, 2.45) is 4.99 Å². The summed E-state index contributed by atoms with van der Waals surface area (Å²) in [7, 11) is 1.58. The molecule has 126 valence electrons. The molecule has 24 heavy (non-hydrogen) atoms. The molecule has 0 radical (unpaired) electrons. The molecular formula is C17H21N5O2. The van der Waals surface area contributed by atoms with Gasteiger partial charge in [0.25, 0.3) is 0 Å². The van der Waals surface area contributed by atoms with Crippen LogP contribution in [0.1, 0.15) is 36.1 Å². The monoisotopic (exact) mass is 327 g/mol. The lowest BCUT2D eigenvalue weighted by atomic mass is 10.1. The van der Waals surface area contributed by atoms with Crippen LogP contribution in [0.2, 0.25) is 0 Å². The van der Waals surface area contributed by atoms with Crippen molar-refractivity contribution in [3.8, 4) is 17.6 Å². The molecule has 0 bridgehead atoms. The average molecular weight is 327 g/mol. The van der Waals surface area contributed by atoms with Gasteiger partial charge in [0.1, 0.15) is 23.1 Å². The number of aromatic amines is 1. The molecular weight excluding hydrogens is 306 g/mol. The largest absolute Gasteiger partial charge is 0.507 e. The lowest BCUT2D eigenvalue weighted by Crippen LogP contribution is -1.93. The highest BCUT2D eigenvalue weighted by molar-refractivity contribution is 5.84. The zero-order chi connectivity index (χ0) is 17.4. The predicted molar refractivity (Wildman–Crippen MR) is 92.4 cm³/mol. The number of aromatic nitrogens is 2. The number of nitriles is 1. The molecule has 0 atom stereocenters. The molecule has 7 heteroatoms. The van der Waals surface area contributed by atoms with Crippen LogP contribution >= 0.6 is 0 Å². The minimum atomic E-state index is 0.181. The number of hydrogen-bond acceptors (Lipinski definition) is 6. The molecule has 1 aromatic carbocycles. The van der Waals surface area contributed by atoms with Crippen LogP contribution in [0.5, 0.6) is 11.5 Å². The highest BCUT2D eigenvalue weighted by atomic mass is 16.5. The van der Waals surface area contributed by atoms with Crippen LogP contribution in [-0.2, 0) is 6.42 Å². The van der Waals surface area contributed by atoms with Crippen molar-refractivity contribution in [2.45, 2.75) is 25.7 Å². The number of benzene rings is 1. The van der Waals surface area contributed by atoms with E-state index >= 15 is 0 Å². The molecule has 0 aliphatic carbocycles. The topological polar surface area (TPSA) is 120 Å². The van der Waals surface area contributed by atoms with Crippen molar-refractivity contribution in [1.82, 2.24) is 10.2 Å². The fraction of sp³-hybridized carbons (Fsp3) is 0.353. The van der Waals surface area contributed by atoms with Gasteiger partial charge in [0.15, 0.2) is 5.82 Å². The zero-order valence-corrected chi connectivity index (χ0v) is 13.6. The summed E-state index contributed by atoms with van der Waals surface area (Å²) in [6.07, 6.45) is 5.23. The molecule has 0 unspecified atom stereocenters. The fourth-order valence-electron chi connectivity index (χ4n) is 2.31. The van der Waals surface area contributed by atoms with Gasteiger partial charge < -0.3 is 15.6 Å². The van der Waals surface area contributed by atoms with Crippen LogP contribution in [0, 0.1) is 11.3 Å². The van der Waals surface area contributed by atoms with E-state index in [2.05, 4.69) is 21.3 Å². The second-order valence-corrected chi connectivity index (χ2v) is 5.34. The third-order valence-corrected chi connectivity index (χ3v) is 3.66. The molecule has 4 N–H and O–H groups in total. The SMILES string of the molecule is COc1ccc(O)c(C=NCCCCCc2[nH]nc(N)c2C#N)c1. The van der Waals surface area contributed by atoms with Crippen LogP contribution in [-0.4, -0.2) is 35.2 Å². The van der Waals surface area contributed by atoms with Crippen LogP contribution in [0.15, 0.2) is 23.2 Å². The Bertz CT molecular complexity index is 746. The summed E-state index contributed by atoms with van der Waals surface area (Å²) in [6, 6.07) is 7.09. The fourth-order valence-corrected chi connectivity index (χ4v) is 2.31. The first-order chi connectivity index (χ1) is 11.7. The maximum atomic E-state index is 9.76. The Morgan fingerprint density at radius 3 is 3.00 bits per heavy atom. The number of anilines is 1. The van der Waals surface area contributed by atoms with E-state index in [9.17, 15) is 5.11 Å². The number of phenolic OH excluding ortho intramolecular Hbond substituents is 1. The molecule has 0 fully saturated rings. The Morgan fingerprint density at radius 1 is 1.42 bits per heavy atom. The number of hydrogen-bond donors (Lipinski definition) is 3. The maximum absolute atomic E-state index is 9.76. The summed E-state index contributed by atoms with van der Waals surface area (Å²) in [5, 5.41) is 25.4. The van der Waals surface area contributed by atoms with E-state index in [0.717, 1.165) is 31.4 Å². The summed E-state index contributed by atoms with van der Waals surface area (Å²) >= 11 is 0. The number of nitrogens with one attached hydrogen (secondary N) is 1. The molecule has 7 nitrogen and oxygen atoms in total. The molecule has 1 heterocycles. The van der Waals surface area contributed by atoms with Crippen molar-refractivity contribution in [3.05, 3.63) is 35.0 Å². The molecule has 0 aliphatic rings. The summed E-state index contributed by atoms with van der Waals surface area (Å²) in [5.41, 5.74) is 7.47. The standard InChI is InChI=1S/C17H21N5O2/c1-24-13-6-7-16(23)12(9-13)11-20-8-4-2-3-5-15-14(10-18)17(19)22-21-15/h6-7,9,11,23H,2-5,8H2,1H3,(H3,19,21,22). The third kappa shape index (κ3) is 4.49. The minimum Gasteiger partial charge on any atom is -0.507 e. The number of nitrogens with zero attached hydrogens (tertiary/aromatic N) is 3. The van der Waals surface area contributed by atoms with E-state index in [4.69, 9.17) is 15.7 Å². The molecule has 2 aromatic rings. The van der Waals surface area contributed by atoms with Gasteiger partial charge in [-0.05, 0) is 37.5 Å². The van der Waals surface area contributed by atoms with Gasteiger partial charge in [-0.15, -0.1) is 0 Å². The number of rotatable bonds is 8. The number of ether oxygens (including phenoxy) is 1. The molecule has 0 spiro atoms. The van der Waals surface area contributed by atoms with E-state index < -0.39 is 0 Å². The minimum absolute atomic E-state index is 0.181. The van der Waals surface area contributed by atoms with Crippen LogP contribution in [0.3, 0.4) is 0 Å². The van der Waals surface area contributed by atoms with Gasteiger partial charge in [-0.25, -0.2) is 0 Å². The Labute approximate surface area is 140 Å². The van der Waals surface area contributed by atoms with E-state index in [-0.39, 0.29) is 11.6 Å². The highest BCUT2D eigenvalue weighted by Crippen LogP contribution is 2.21. The van der Waals surface area contributed by atoms with E-state index in [1.165, 1.54) is 0 Å². The number of nitrogen functional groups attached to an aromatic ring is 1. The van der Waals surface area contributed by atoms with E-state index in [1.807, 2.05) is 0 Å². The van der Waals surface area contributed by atoms with Crippen molar-refractivity contribution in [1.29, 1.82) is 5.26 Å². The number of phenols is 1. The van der Waals surface area contributed by atoms with Gasteiger partial charge in [0.2, 0.25) is 0 Å². The first-order valence-electron chi connectivity index (χ1n) is 7.75. The van der Waals surface area contributed by atoms with Crippen molar-refractivity contribution < 1.29 is 9.84 Å². The van der Waals surface area contributed by atoms with Gasteiger partial charge in [-0.2, -0.15) is 10.4 Å². The van der Waals surface area contributed by atoms with E-state index in [0.29, 0.717) is 23.4 Å². The van der Waals surface area contributed by atoms with Crippen molar-refractivity contribution >= 4 is 12.0 Å². The normalized spacial score (nSPS) is 10.8. The van der Waals surface area contributed by atoms with Crippen LogP contribution < -0.4 is 10.5 Å². The number of aromatic hydroxyl groups is 1. The van der Waals surface area contributed by atoms with Crippen molar-refractivity contribution in [2.75, 3.05) is 19.4 Å². The lowest BCUT2D eigenvalue weighted by Gasteiger charge is -2.03. The number of H-pyrrole nitrogens is 1. The molecule has 0 aliphatic heterocycles. The number of unbranched alkanes of at least 4 members (excludes halogenated alkanes) is 2. The predicted octanol–water partition coefficient (Wildman–Crippen LogP) is 2.41. The molecule has 0 amide bonds. The summed E-state index contributed by atoms with van der Waals surface area (Å²) in [4.78, 5) is 4.33. The highest BCUT2D eigenvalue weighted by Gasteiger charge is 2.09. The smallest absolute Gasteiger partial charge is 0.163 e. The number of methoxy groups -OCH3 is 1. The Balaban J connectivity index is 1.72. The second-order valence-electron chi connectivity index (χ2n) is 5.34. The third-order valence-electron chi connectivity index (χ3n) is 3.66. The summed E-state index contributed by atoms with van der Waals surface area (Å²) < 4.78 is 5.12. The summed E-state index contributed by atoms with van der Waals surface area (Å²) in [5.74, 6) is 1.12. The summed E-state index contributed by atoms with van der Waals surface area (Å²) in [6.45, 7) is 0.673. The maximum Gasteiger partial charge on any atom is 0.163 e. The van der Waals surface area contributed by atoms with Gasteiger partial charge in [-0.3, -0.25) is 10.1 Å². The van der Waals surface area contributed by atoms with Gasteiger partial charge in [-0.1, -0.05) is 6.42 Å². The van der Waals surface area contributed by atoms with Gasteiger partial charge >= 0.3 is 0 Å². The quantitative estimate of drug-likeness (QED) is 0.508. The molecule has 0 saturated heterocycles. The Hall–Kier alpha value is -3.01. The Morgan fingerprint density at radius 2 is 2.25 bits per heavy atom. The second kappa shape index (κ2) is 8.58. The average Bonchev–Trinajstić information content (AvgIpc) is 2.95. The molecule has 1 aromatic heterocycles. The Kier molecular flexibility index (Phi) is 6.20. The first-order valence-corrected chi connectivity index (χ1v) is 7.75. The first kappa shape index (κ1) is 17.3. The van der Waals surface area contributed by atoms with Crippen LogP contribution in [0.4, 0.5) is 5.82 Å². The van der Waals surface area contributed by atoms with Gasteiger partial charge in [0.05, 0.1) is 12.8 Å². The molecule has 2 rings (SSSR count). The lowest BCUT2D eigenvalue weighted by molar-refractivity contribution is 0.412. The van der Waals surface area contributed by atoms with Crippen molar-refractivity contribution in [3.63, 3.8) is 0 Å². The van der Waals surface area contributed by atoms with Gasteiger partial charge in [0, 0.05) is 18.3 Å². The number of aryl methyl sites for hydroxylation is 1. The van der Waals surface area contributed by atoms with E-state index in [1.54, 1.807) is 31.5 Å². The molecule has 0 saturated carbocycles. The van der Waals surface area contributed by atoms with Crippen LogP contribution in [0.25, 0.3) is 0 Å².